The highest BCUT2D eigenvalue weighted by molar-refractivity contribution is 5.96. The molecule has 30 heavy (non-hydrogen) atoms. The number of carbonyl (C=O) groups is 2. The molecule has 0 heterocycles. The minimum atomic E-state index is -0.438. The fraction of sp³-hybridized carbons (Fsp3) is 0.280. The number of aryl methyl sites for hydroxylation is 2. The van der Waals surface area contributed by atoms with Gasteiger partial charge in [-0.1, -0.05) is 60.7 Å². The average molecular weight is 404 g/mol. The number of benzene rings is 3. The summed E-state index contributed by atoms with van der Waals surface area (Å²) in [7, 11) is 0. The number of carbonyl (C=O) groups excluding carboxylic acids is 2. The maximum atomic E-state index is 12.5. The molecule has 0 spiro atoms. The van der Waals surface area contributed by atoms with Crippen molar-refractivity contribution >= 4 is 28.3 Å². The van der Waals surface area contributed by atoms with Crippen LogP contribution >= 0.6 is 0 Å². The molecule has 0 saturated carbocycles. The van der Waals surface area contributed by atoms with Crippen LogP contribution in [0.3, 0.4) is 0 Å². The number of hydrogen-bond donors (Lipinski definition) is 3. The molecule has 2 unspecified atom stereocenters. The van der Waals surface area contributed by atoms with Crippen LogP contribution in [0.15, 0.2) is 60.7 Å². The van der Waals surface area contributed by atoms with Crippen LogP contribution in [0.2, 0.25) is 0 Å². The first kappa shape index (κ1) is 21.5. The first-order chi connectivity index (χ1) is 14.4. The van der Waals surface area contributed by atoms with E-state index in [0.717, 1.165) is 22.4 Å². The number of amides is 2. The van der Waals surface area contributed by atoms with Gasteiger partial charge >= 0.3 is 0 Å². The van der Waals surface area contributed by atoms with Crippen LogP contribution in [0.25, 0.3) is 10.8 Å². The van der Waals surface area contributed by atoms with Crippen LogP contribution < -0.4 is 16.0 Å². The minimum Gasteiger partial charge on any atom is -0.346 e. The van der Waals surface area contributed by atoms with Gasteiger partial charge in [-0.3, -0.25) is 14.9 Å². The fourth-order valence-electron chi connectivity index (χ4n) is 3.68. The molecule has 0 aromatic heterocycles. The third-order valence-corrected chi connectivity index (χ3v) is 5.35. The summed E-state index contributed by atoms with van der Waals surface area (Å²) < 4.78 is 0. The predicted octanol–water partition coefficient (Wildman–Crippen LogP) is 4.25. The second kappa shape index (κ2) is 9.55. The smallest absolute Gasteiger partial charge is 0.243 e. The van der Waals surface area contributed by atoms with Gasteiger partial charge in [0, 0.05) is 11.7 Å². The van der Waals surface area contributed by atoms with Gasteiger partial charge in [-0.2, -0.15) is 0 Å². The molecule has 2 amide bonds. The Labute approximate surface area is 177 Å². The summed E-state index contributed by atoms with van der Waals surface area (Å²) in [4.78, 5) is 24.8. The average Bonchev–Trinajstić information content (AvgIpc) is 2.74. The highest BCUT2D eigenvalue weighted by Gasteiger charge is 2.18. The third kappa shape index (κ3) is 5.05. The number of rotatable bonds is 7. The Bertz CT molecular complexity index is 1040. The molecule has 3 aromatic rings. The van der Waals surface area contributed by atoms with Crippen LogP contribution in [-0.2, 0) is 9.59 Å². The number of anilines is 1. The molecule has 3 rings (SSSR count). The van der Waals surface area contributed by atoms with Gasteiger partial charge < -0.3 is 10.6 Å². The fourth-order valence-corrected chi connectivity index (χ4v) is 3.68. The number of hydrogen-bond acceptors (Lipinski definition) is 3. The first-order valence-electron chi connectivity index (χ1n) is 10.2. The second-order valence-electron chi connectivity index (χ2n) is 7.71. The molecule has 3 N–H and O–H groups in total. The Morgan fingerprint density at radius 2 is 1.50 bits per heavy atom. The molecule has 0 bridgehead atoms. The second-order valence-corrected chi connectivity index (χ2v) is 7.71. The Hall–Kier alpha value is -3.18. The molecule has 0 fully saturated rings. The Balaban J connectivity index is 1.56. The normalized spacial score (nSPS) is 12.9. The molecule has 0 aliphatic heterocycles. The standard InChI is InChI=1S/C25H29N3O2/c1-16-9-7-10-17(2)24(16)28-23(29)15-26-25(30)19(4)27-18(3)21-14-8-12-20-11-5-6-13-22(20)21/h5-14,18-19,27H,15H2,1-4H3,(H,26,30)(H,28,29). The highest BCUT2D eigenvalue weighted by Crippen LogP contribution is 2.24. The van der Waals surface area contributed by atoms with Crippen molar-refractivity contribution in [2.24, 2.45) is 0 Å². The van der Waals surface area contributed by atoms with Gasteiger partial charge in [0.25, 0.3) is 0 Å². The summed E-state index contributed by atoms with van der Waals surface area (Å²) >= 11 is 0. The lowest BCUT2D eigenvalue weighted by Gasteiger charge is -2.21. The maximum Gasteiger partial charge on any atom is 0.243 e. The highest BCUT2D eigenvalue weighted by atomic mass is 16.2. The maximum absolute atomic E-state index is 12.5. The summed E-state index contributed by atoms with van der Waals surface area (Å²) in [6.45, 7) is 7.67. The quantitative estimate of drug-likeness (QED) is 0.552. The summed E-state index contributed by atoms with van der Waals surface area (Å²) in [5.74, 6) is -0.450. The molecule has 0 saturated heterocycles. The lowest BCUT2D eigenvalue weighted by atomic mass is 9.99. The van der Waals surface area contributed by atoms with E-state index in [0.29, 0.717) is 0 Å². The van der Waals surface area contributed by atoms with Gasteiger partial charge in [-0.25, -0.2) is 0 Å². The van der Waals surface area contributed by atoms with Crippen molar-refractivity contribution in [1.82, 2.24) is 10.6 Å². The van der Waals surface area contributed by atoms with Gasteiger partial charge in [0.2, 0.25) is 11.8 Å². The van der Waals surface area contributed by atoms with Crippen LogP contribution in [0.5, 0.6) is 0 Å². The van der Waals surface area contributed by atoms with Gasteiger partial charge in [-0.05, 0) is 55.2 Å². The zero-order valence-electron chi connectivity index (χ0n) is 18.0. The Morgan fingerprint density at radius 3 is 2.23 bits per heavy atom. The summed E-state index contributed by atoms with van der Waals surface area (Å²) in [6.07, 6.45) is 0. The van der Waals surface area contributed by atoms with E-state index in [1.54, 1.807) is 6.92 Å². The molecular weight excluding hydrogens is 374 g/mol. The van der Waals surface area contributed by atoms with Gasteiger partial charge in [0.15, 0.2) is 0 Å². The van der Waals surface area contributed by atoms with Crippen molar-refractivity contribution in [3.05, 3.63) is 77.4 Å². The van der Waals surface area contributed by atoms with E-state index >= 15 is 0 Å². The lowest BCUT2D eigenvalue weighted by molar-refractivity contribution is -0.125. The molecule has 156 valence electrons. The summed E-state index contributed by atoms with van der Waals surface area (Å²) in [6, 6.07) is 19.8. The molecule has 0 aliphatic rings. The Kier molecular flexibility index (Phi) is 6.85. The zero-order valence-corrected chi connectivity index (χ0v) is 18.0. The van der Waals surface area contributed by atoms with Gasteiger partial charge in [0.05, 0.1) is 12.6 Å². The van der Waals surface area contributed by atoms with E-state index in [4.69, 9.17) is 0 Å². The molecule has 0 radical (unpaired) electrons. The zero-order chi connectivity index (χ0) is 21.7. The van der Waals surface area contributed by atoms with Crippen molar-refractivity contribution in [2.45, 2.75) is 39.8 Å². The predicted molar refractivity (Wildman–Crippen MR) is 123 cm³/mol. The van der Waals surface area contributed by atoms with Crippen molar-refractivity contribution in [3.63, 3.8) is 0 Å². The van der Waals surface area contributed by atoms with E-state index in [1.165, 1.54) is 10.8 Å². The van der Waals surface area contributed by atoms with Crippen molar-refractivity contribution < 1.29 is 9.59 Å². The lowest BCUT2D eigenvalue weighted by Crippen LogP contribution is -2.45. The van der Waals surface area contributed by atoms with Crippen LogP contribution in [0.4, 0.5) is 5.69 Å². The van der Waals surface area contributed by atoms with Crippen LogP contribution in [-0.4, -0.2) is 24.4 Å². The van der Waals surface area contributed by atoms with E-state index in [2.05, 4.69) is 40.2 Å². The number of fused-ring (bicyclic) bond motifs is 1. The summed E-state index contributed by atoms with van der Waals surface area (Å²) in [5.41, 5.74) is 3.93. The van der Waals surface area contributed by atoms with E-state index in [1.807, 2.05) is 57.2 Å². The molecule has 2 atom stereocenters. The largest absolute Gasteiger partial charge is 0.346 e. The molecule has 0 aliphatic carbocycles. The van der Waals surface area contributed by atoms with Crippen LogP contribution in [0.1, 0.15) is 36.6 Å². The monoisotopic (exact) mass is 403 g/mol. The number of para-hydroxylation sites is 1. The topological polar surface area (TPSA) is 70.2 Å². The first-order valence-corrected chi connectivity index (χ1v) is 10.2. The number of nitrogens with one attached hydrogen (secondary N) is 3. The van der Waals surface area contributed by atoms with E-state index in [9.17, 15) is 9.59 Å². The van der Waals surface area contributed by atoms with Gasteiger partial charge in [0.1, 0.15) is 0 Å². The van der Waals surface area contributed by atoms with Crippen molar-refractivity contribution in [2.75, 3.05) is 11.9 Å². The molecule has 5 nitrogen and oxygen atoms in total. The van der Waals surface area contributed by atoms with Crippen molar-refractivity contribution in [3.8, 4) is 0 Å². The SMILES string of the molecule is Cc1cccc(C)c1NC(=O)CNC(=O)C(C)NC(C)c1cccc2ccccc12. The Morgan fingerprint density at radius 1 is 0.867 bits per heavy atom. The summed E-state index contributed by atoms with van der Waals surface area (Å²) in [5, 5.41) is 11.3. The molecular formula is C25H29N3O2. The van der Waals surface area contributed by atoms with Gasteiger partial charge in [-0.15, -0.1) is 0 Å². The van der Waals surface area contributed by atoms with E-state index in [-0.39, 0.29) is 24.4 Å². The third-order valence-electron chi connectivity index (χ3n) is 5.35. The van der Waals surface area contributed by atoms with E-state index < -0.39 is 6.04 Å². The molecule has 3 aromatic carbocycles. The minimum absolute atomic E-state index is 0.0136. The van der Waals surface area contributed by atoms with Crippen LogP contribution in [0, 0.1) is 13.8 Å². The van der Waals surface area contributed by atoms with Crippen molar-refractivity contribution in [1.29, 1.82) is 0 Å². The molecule has 5 heteroatoms.